The number of nitrogens with zero attached hydrogens (tertiary/aromatic N) is 2. The number of rotatable bonds is 8. The molecular formula is C69H52N2. The van der Waals surface area contributed by atoms with E-state index in [2.05, 4.69) is 259 Å². The molecule has 0 aliphatic heterocycles. The normalized spacial score (nSPS) is 15.6. The van der Waals surface area contributed by atoms with Crippen molar-refractivity contribution in [1.29, 1.82) is 0 Å². The zero-order chi connectivity index (χ0) is 46.9. The molecule has 2 heteroatoms. The van der Waals surface area contributed by atoms with Crippen LogP contribution in [0, 0.1) is 0 Å². The molecule has 0 amide bonds. The van der Waals surface area contributed by atoms with Crippen molar-refractivity contribution in [3.05, 3.63) is 277 Å². The Hall–Kier alpha value is -8.46. The standard InChI is InChI=1S/C69H52N2/c1-4-19-47(20-5-1)48-35-38-53(39-36-48)70(67-34-18-25-49-23-10-12-28-56(49)67)54-40-43-61-59-30-14-16-32-63(59)69(65(61)45-54)64-33-17-15-31-60(64)62-44-41-55(46-66(62)69)71(52-26-8-3-9-27-52)68-57-29-13-11-24-51(57)37-42-58(68)50-21-6-2-7-22-50/h2-3,6-18,21-47H,1,4-5,19-20H2. The molecule has 11 aromatic rings. The lowest BCUT2D eigenvalue weighted by atomic mass is 9.70. The van der Waals surface area contributed by atoms with Gasteiger partial charge in [-0.15, -0.1) is 0 Å². The molecule has 1 spiro atoms. The average molecular weight is 909 g/mol. The van der Waals surface area contributed by atoms with E-state index in [0.29, 0.717) is 5.92 Å². The zero-order valence-electron chi connectivity index (χ0n) is 39.7. The lowest BCUT2D eigenvalue weighted by Gasteiger charge is -2.34. The van der Waals surface area contributed by atoms with Crippen molar-refractivity contribution in [2.75, 3.05) is 9.80 Å². The summed E-state index contributed by atoms with van der Waals surface area (Å²) in [7, 11) is 0. The third-order valence-electron chi connectivity index (χ3n) is 16.0. The fourth-order valence-electron chi connectivity index (χ4n) is 12.9. The van der Waals surface area contributed by atoms with Crippen molar-refractivity contribution in [2.45, 2.75) is 43.4 Å². The second-order valence-electron chi connectivity index (χ2n) is 19.8. The number of para-hydroxylation sites is 1. The molecule has 3 aliphatic carbocycles. The van der Waals surface area contributed by atoms with Gasteiger partial charge in [0.1, 0.15) is 0 Å². The maximum absolute atomic E-state index is 2.54. The molecule has 3 aliphatic rings. The SMILES string of the molecule is c1ccc(-c2ccc3ccccc3c2N(c2ccccc2)c2ccc3c(c2)C2(c4ccccc4-c4ccc(N(c5ccc(C6CCCCC6)cc5)c5cccc6ccccc56)cc42)c2ccccc2-3)cc1. The van der Waals surface area contributed by atoms with Gasteiger partial charge in [-0.2, -0.15) is 0 Å². The number of hydrogen-bond donors (Lipinski definition) is 0. The van der Waals surface area contributed by atoms with Crippen LogP contribution in [0.25, 0.3) is 54.9 Å². The van der Waals surface area contributed by atoms with Gasteiger partial charge >= 0.3 is 0 Å². The van der Waals surface area contributed by atoms with Crippen LogP contribution in [0.2, 0.25) is 0 Å². The van der Waals surface area contributed by atoms with Crippen LogP contribution in [0.5, 0.6) is 0 Å². The van der Waals surface area contributed by atoms with Gasteiger partial charge in [0.05, 0.1) is 16.8 Å². The first-order valence-electron chi connectivity index (χ1n) is 25.5. The first-order valence-corrected chi connectivity index (χ1v) is 25.5. The van der Waals surface area contributed by atoms with Gasteiger partial charge in [-0.25, -0.2) is 0 Å². The zero-order valence-corrected chi connectivity index (χ0v) is 39.7. The van der Waals surface area contributed by atoms with Gasteiger partial charge in [-0.3, -0.25) is 0 Å². The summed E-state index contributed by atoms with van der Waals surface area (Å²) >= 11 is 0. The molecule has 2 nitrogen and oxygen atoms in total. The minimum absolute atomic E-state index is 0.595. The topological polar surface area (TPSA) is 6.48 Å². The van der Waals surface area contributed by atoms with Gasteiger partial charge in [-0.1, -0.05) is 213 Å². The highest BCUT2D eigenvalue weighted by Crippen LogP contribution is 2.64. The van der Waals surface area contributed by atoms with E-state index >= 15 is 0 Å². The van der Waals surface area contributed by atoms with Crippen molar-refractivity contribution < 1.29 is 0 Å². The summed E-state index contributed by atoms with van der Waals surface area (Å²) in [6.45, 7) is 0. The second kappa shape index (κ2) is 16.9. The van der Waals surface area contributed by atoms with Crippen molar-refractivity contribution in [3.8, 4) is 33.4 Å². The average Bonchev–Trinajstić information content (AvgIpc) is 3.91. The summed E-state index contributed by atoms with van der Waals surface area (Å²) in [5.41, 5.74) is 20.5. The Kier molecular flexibility index (Phi) is 9.88. The predicted octanol–water partition coefficient (Wildman–Crippen LogP) is 19.0. The van der Waals surface area contributed by atoms with Crippen LogP contribution in [0.1, 0.15) is 65.8 Å². The molecular weight excluding hydrogens is 857 g/mol. The largest absolute Gasteiger partial charge is 0.310 e. The maximum Gasteiger partial charge on any atom is 0.0727 e. The van der Waals surface area contributed by atoms with Gasteiger partial charge in [0, 0.05) is 39.1 Å². The first kappa shape index (κ1) is 41.5. The van der Waals surface area contributed by atoms with E-state index in [1.165, 1.54) is 132 Å². The molecule has 0 radical (unpaired) electrons. The summed E-state index contributed by atoms with van der Waals surface area (Å²) in [6, 6.07) is 93.5. The van der Waals surface area contributed by atoms with Gasteiger partial charge in [0.15, 0.2) is 0 Å². The van der Waals surface area contributed by atoms with Crippen LogP contribution < -0.4 is 9.80 Å². The van der Waals surface area contributed by atoms with Gasteiger partial charge in [-0.05, 0) is 140 Å². The molecule has 0 N–H and O–H groups in total. The van der Waals surface area contributed by atoms with Crippen molar-refractivity contribution in [3.63, 3.8) is 0 Å². The Labute approximate surface area is 416 Å². The number of hydrogen-bond acceptors (Lipinski definition) is 2. The van der Waals surface area contributed by atoms with E-state index in [1.807, 2.05) is 0 Å². The third kappa shape index (κ3) is 6.55. The lowest BCUT2D eigenvalue weighted by Crippen LogP contribution is -2.26. The van der Waals surface area contributed by atoms with E-state index < -0.39 is 5.41 Å². The Morgan fingerprint density at radius 3 is 1.49 bits per heavy atom. The van der Waals surface area contributed by atoms with Gasteiger partial charge in [0.2, 0.25) is 0 Å². The molecule has 338 valence electrons. The molecule has 1 atom stereocenters. The number of anilines is 6. The van der Waals surface area contributed by atoms with E-state index in [0.717, 1.165) is 17.1 Å². The number of fused-ring (bicyclic) bond motifs is 12. The first-order chi connectivity index (χ1) is 35.2. The van der Waals surface area contributed by atoms with Crippen molar-refractivity contribution >= 4 is 55.7 Å². The molecule has 0 heterocycles. The predicted molar refractivity (Wildman–Crippen MR) is 298 cm³/mol. The molecule has 71 heavy (non-hydrogen) atoms. The number of benzene rings is 11. The van der Waals surface area contributed by atoms with Crippen LogP contribution in [0.15, 0.2) is 249 Å². The highest BCUT2D eigenvalue weighted by Gasteiger charge is 2.52. The summed E-state index contributed by atoms with van der Waals surface area (Å²) in [5, 5.41) is 4.88. The fraction of sp³-hybridized carbons (Fsp3) is 0.101. The van der Waals surface area contributed by atoms with Crippen molar-refractivity contribution in [1.82, 2.24) is 0 Å². The molecule has 0 aromatic heterocycles. The van der Waals surface area contributed by atoms with Crippen LogP contribution in [-0.2, 0) is 5.41 Å². The Morgan fingerprint density at radius 1 is 0.324 bits per heavy atom. The molecule has 1 unspecified atom stereocenters. The second-order valence-corrected chi connectivity index (χ2v) is 19.8. The summed E-state index contributed by atoms with van der Waals surface area (Å²) in [6.07, 6.45) is 6.56. The Balaban J connectivity index is 1.02. The fourth-order valence-corrected chi connectivity index (χ4v) is 12.9. The molecule has 14 rings (SSSR count). The van der Waals surface area contributed by atoms with Gasteiger partial charge < -0.3 is 9.80 Å². The van der Waals surface area contributed by atoms with Crippen molar-refractivity contribution in [2.24, 2.45) is 0 Å². The molecule has 0 saturated heterocycles. The smallest absolute Gasteiger partial charge is 0.0727 e. The van der Waals surface area contributed by atoms with Crippen LogP contribution >= 0.6 is 0 Å². The van der Waals surface area contributed by atoms with Gasteiger partial charge in [0.25, 0.3) is 0 Å². The van der Waals surface area contributed by atoms with E-state index in [1.54, 1.807) is 0 Å². The lowest BCUT2D eigenvalue weighted by molar-refractivity contribution is 0.443. The molecule has 0 bridgehead atoms. The minimum Gasteiger partial charge on any atom is -0.310 e. The van der Waals surface area contributed by atoms with E-state index in [9.17, 15) is 0 Å². The minimum atomic E-state index is -0.595. The molecule has 1 fully saturated rings. The highest BCUT2D eigenvalue weighted by atomic mass is 15.2. The Morgan fingerprint density at radius 2 is 0.817 bits per heavy atom. The monoisotopic (exact) mass is 908 g/mol. The third-order valence-corrected chi connectivity index (χ3v) is 16.0. The van der Waals surface area contributed by atoms with Crippen LogP contribution in [0.3, 0.4) is 0 Å². The summed E-state index contributed by atoms with van der Waals surface area (Å²) in [5.74, 6) is 0.637. The molecule has 1 saturated carbocycles. The van der Waals surface area contributed by atoms with Crippen LogP contribution in [-0.4, -0.2) is 0 Å². The molecule has 11 aromatic carbocycles. The Bertz CT molecular complexity index is 3790. The highest BCUT2D eigenvalue weighted by molar-refractivity contribution is 6.07. The van der Waals surface area contributed by atoms with E-state index in [4.69, 9.17) is 0 Å². The maximum atomic E-state index is 2.54. The van der Waals surface area contributed by atoms with E-state index in [-0.39, 0.29) is 0 Å². The quantitative estimate of drug-likeness (QED) is 0.150. The summed E-state index contributed by atoms with van der Waals surface area (Å²) < 4.78 is 0. The summed E-state index contributed by atoms with van der Waals surface area (Å²) in [4.78, 5) is 5.03. The van der Waals surface area contributed by atoms with Crippen LogP contribution in [0.4, 0.5) is 34.1 Å².